The van der Waals surface area contributed by atoms with Crippen molar-refractivity contribution in [2.24, 2.45) is 0 Å². The largest absolute Gasteiger partial charge is 0.486 e. The van der Waals surface area contributed by atoms with Crippen LogP contribution in [0.4, 0.5) is 14.5 Å². The van der Waals surface area contributed by atoms with Gasteiger partial charge in [0.1, 0.15) is 0 Å². The second kappa shape index (κ2) is 10.8. The minimum atomic E-state index is -2.92. The third-order valence-electron chi connectivity index (χ3n) is 6.36. The predicted molar refractivity (Wildman–Crippen MR) is 121 cm³/mol. The molecule has 1 unspecified atom stereocenters. The van der Waals surface area contributed by atoms with Gasteiger partial charge in [-0.05, 0) is 49.8 Å². The Balaban J connectivity index is 1.54. The minimum Gasteiger partial charge on any atom is -0.486 e. The lowest BCUT2D eigenvalue weighted by Crippen LogP contribution is -2.55. The van der Waals surface area contributed by atoms with E-state index in [0.717, 1.165) is 43.4 Å². The maximum Gasteiger partial charge on any atom is 0.387 e. The zero-order chi connectivity index (χ0) is 23.2. The molecule has 33 heavy (non-hydrogen) atoms. The molecule has 0 amide bonds. The van der Waals surface area contributed by atoms with E-state index < -0.39 is 12.6 Å². The second-order valence-corrected chi connectivity index (χ2v) is 8.69. The molecule has 178 valence electrons. The first-order valence-electron chi connectivity index (χ1n) is 11.5. The summed E-state index contributed by atoms with van der Waals surface area (Å²) >= 11 is 0. The molecule has 0 radical (unpaired) electrons. The average Bonchev–Trinajstić information content (AvgIpc) is 3.29. The van der Waals surface area contributed by atoms with Crippen molar-refractivity contribution in [3.05, 3.63) is 54.1 Å². The van der Waals surface area contributed by atoms with Gasteiger partial charge in [-0.15, -0.1) is 0 Å². The number of benzene rings is 2. The Labute approximate surface area is 192 Å². The molecule has 0 spiro atoms. The number of carbonyl (C=O) groups is 1. The number of hydrogen-bond acceptors (Lipinski definition) is 5. The molecular formula is C25H30F2N2O4. The molecule has 1 aliphatic heterocycles. The number of hydrogen-bond donors (Lipinski definition) is 1. The van der Waals surface area contributed by atoms with E-state index in [9.17, 15) is 18.7 Å². The van der Waals surface area contributed by atoms with E-state index in [1.165, 1.54) is 0 Å². The topological polar surface area (TPSA) is 62.2 Å². The Morgan fingerprint density at radius 1 is 1.06 bits per heavy atom. The van der Waals surface area contributed by atoms with Crippen molar-refractivity contribution in [3.63, 3.8) is 0 Å². The molecule has 4 rings (SSSR count). The summed E-state index contributed by atoms with van der Waals surface area (Å²) in [4.78, 5) is 15.6. The lowest BCUT2D eigenvalue weighted by atomic mass is 10.0. The van der Waals surface area contributed by atoms with Crippen molar-refractivity contribution >= 4 is 11.7 Å². The van der Waals surface area contributed by atoms with E-state index in [2.05, 4.69) is 4.90 Å². The highest BCUT2D eigenvalue weighted by molar-refractivity contribution is 5.69. The number of alkyl halides is 2. The highest BCUT2D eigenvalue weighted by atomic mass is 19.3. The van der Waals surface area contributed by atoms with Gasteiger partial charge in [0.25, 0.3) is 0 Å². The quantitative estimate of drug-likeness (QED) is 0.598. The van der Waals surface area contributed by atoms with Crippen LogP contribution < -0.4 is 14.4 Å². The van der Waals surface area contributed by atoms with Crippen molar-refractivity contribution in [2.45, 2.75) is 50.9 Å². The zero-order valence-corrected chi connectivity index (χ0v) is 18.5. The first-order valence-corrected chi connectivity index (χ1v) is 11.5. The summed E-state index contributed by atoms with van der Waals surface area (Å²) in [7, 11) is 0. The number of nitrogens with zero attached hydrogens (tertiary/aromatic N) is 2. The molecule has 2 aromatic rings. The summed E-state index contributed by atoms with van der Waals surface area (Å²) in [6.45, 7) is -1.08. The van der Waals surface area contributed by atoms with Gasteiger partial charge in [0.2, 0.25) is 0 Å². The molecule has 1 saturated carbocycles. The van der Waals surface area contributed by atoms with Gasteiger partial charge in [-0.3, -0.25) is 9.69 Å². The van der Waals surface area contributed by atoms with Crippen LogP contribution in [0.15, 0.2) is 48.5 Å². The first-order chi connectivity index (χ1) is 16.0. The standard InChI is InChI=1S/C25H30F2N2O4/c26-25(27)33-22-11-10-19(15-23(22)32-21-8-4-5-9-21)28-12-13-29(17-24(30)31)20(16-28)14-18-6-2-1-3-7-18/h1-3,6-7,10-11,15,20-21,25H,4-5,8-9,12-14,16-17H2,(H,30,31). The molecule has 8 heteroatoms. The average molecular weight is 461 g/mol. The summed E-state index contributed by atoms with van der Waals surface area (Å²) in [5.74, 6) is -0.458. The van der Waals surface area contributed by atoms with E-state index >= 15 is 0 Å². The monoisotopic (exact) mass is 460 g/mol. The van der Waals surface area contributed by atoms with Gasteiger partial charge in [0.05, 0.1) is 12.6 Å². The van der Waals surface area contributed by atoms with Crippen LogP contribution >= 0.6 is 0 Å². The molecule has 1 heterocycles. The van der Waals surface area contributed by atoms with Crippen LogP contribution in [0.25, 0.3) is 0 Å². The number of aliphatic carboxylic acids is 1. The van der Waals surface area contributed by atoms with Crippen LogP contribution in [-0.4, -0.2) is 60.9 Å². The van der Waals surface area contributed by atoms with Crippen LogP contribution in [0.5, 0.6) is 11.5 Å². The molecular weight excluding hydrogens is 430 g/mol. The zero-order valence-electron chi connectivity index (χ0n) is 18.5. The van der Waals surface area contributed by atoms with Gasteiger partial charge in [-0.25, -0.2) is 0 Å². The van der Waals surface area contributed by atoms with Crippen LogP contribution in [0.1, 0.15) is 31.2 Å². The number of halogens is 2. The lowest BCUT2D eigenvalue weighted by Gasteiger charge is -2.42. The Morgan fingerprint density at radius 3 is 2.52 bits per heavy atom. The summed E-state index contributed by atoms with van der Waals surface area (Å²) in [6, 6.07) is 15.1. The fourth-order valence-electron chi connectivity index (χ4n) is 4.75. The third-order valence-corrected chi connectivity index (χ3v) is 6.36. The molecule has 1 saturated heterocycles. The molecule has 0 bridgehead atoms. The summed E-state index contributed by atoms with van der Waals surface area (Å²) in [5.41, 5.74) is 2.00. The van der Waals surface area contributed by atoms with Crippen molar-refractivity contribution in [1.29, 1.82) is 0 Å². The molecule has 1 aliphatic carbocycles. The highest BCUT2D eigenvalue weighted by Crippen LogP contribution is 2.36. The summed E-state index contributed by atoms with van der Waals surface area (Å²) < 4.78 is 36.6. The normalized spacial score (nSPS) is 19.7. The van der Waals surface area contributed by atoms with E-state index in [4.69, 9.17) is 9.47 Å². The lowest BCUT2D eigenvalue weighted by molar-refractivity contribution is -0.139. The van der Waals surface area contributed by atoms with Crippen LogP contribution in [0.2, 0.25) is 0 Å². The van der Waals surface area contributed by atoms with Gasteiger partial charge >= 0.3 is 12.6 Å². The van der Waals surface area contributed by atoms with E-state index in [0.29, 0.717) is 25.4 Å². The number of ether oxygens (including phenoxy) is 2. The highest BCUT2D eigenvalue weighted by Gasteiger charge is 2.29. The Morgan fingerprint density at radius 2 is 1.82 bits per heavy atom. The fraction of sp³-hybridized carbons (Fsp3) is 0.480. The SMILES string of the molecule is O=C(O)CN1CCN(c2ccc(OC(F)F)c(OC3CCCC3)c2)CC1Cc1ccccc1. The Bertz CT molecular complexity index is 922. The summed E-state index contributed by atoms with van der Waals surface area (Å²) in [5, 5.41) is 9.36. The Kier molecular flexibility index (Phi) is 7.65. The maximum absolute atomic E-state index is 12.9. The van der Waals surface area contributed by atoms with Crippen LogP contribution in [0, 0.1) is 0 Å². The van der Waals surface area contributed by atoms with Gasteiger partial charge in [-0.2, -0.15) is 8.78 Å². The van der Waals surface area contributed by atoms with E-state index in [1.807, 2.05) is 35.2 Å². The molecule has 6 nitrogen and oxygen atoms in total. The van der Waals surface area contributed by atoms with E-state index in [1.54, 1.807) is 18.2 Å². The first kappa shape index (κ1) is 23.3. The van der Waals surface area contributed by atoms with Crippen LogP contribution in [0.3, 0.4) is 0 Å². The smallest absolute Gasteiger partial charge is 0.387 e. The molecule has 2 aliphatic rings. The molecule has 2 aromatic carbocycles. The van der Waals surface area contributed by atoms with E-state index in [-0.39, 0.29) is 24.4 Å². The van der Waals surface area contributed by atoms with Gasteiger partial charge in [0, 0.05) is 37.4 Å². The van der Waals surface area contributed by atoms with Crippen molar-refractivity contribution in [3.8, 4) is 11.5 Å². The molecule has 1 atom stereocenters. The van der Waals surface area contributed by atoms with Crippen LogP contribution in [-0.2, 0) is 11.2 Å². The van der Waals surface area contributed by atoms with Gasteiger partial charge in [-0.1, -0.05) is 30.3 Å². The maximum atomic E-state index is 12.9. The summed E-state index contributed by atoms with van der Waals surface area (Å²) in [6.07, 6.45) is 4.70. The second-order valence-electron chi connectivity index (χ2n) is 8.69. The molecule has 2 fully saturated rings. The third kappa shape index (κ3) is 6.35. The number of carboxylic acids is 1. The fourth-order valence-corrected chi connectivity index (χ4v) is 4.75. The predicted octanol–water partition coefficient (Wildman–Crippen LogP) is 4.43. The number of anilines is 1. The number of rotatable bonds is 9. The minimum absolute atomic E-state index is 0.00782. The number of carboxylic acid groups (broad SMARTS) is 1. The number of piperazine rings is 1. The molecule has 0 aromatic heterocycles. The molecule has 1 N–H and O–H groups in total. The van der Waals surface area contributed by atoms with Gasteiger partial charge in [0.15, 0.2) is 11.5 Å². The van der Waals surface area contributed by atoms with Gasteiger partial charge < -0.3 is 19.5 Å². The van der Waals surface area contributed by atoms with Crippen molar-refractivity contribution in [2.75, 3.05) is 31.1 Å². The van der Waals surface area contributed by atoms with Crippen molar-refractivity contribution in [1.82, 2.24) is 4.90 Å². The van der Waals surface area contributed by atoms with Crippen molar-refractivity contribution < 1.29 is 28.2 Å². The Hall–Kier alpha value is -2.87.